The van der Waals surface area contributed by atoms with Crippen molar-refractivity contribution < 1.29 is 4.39 Å². The van der Waals surface area contributed by atoms with Crippen LogP contribution in [-0.4, -0.2) is 4.98 Å². The zero-order valence-electron chi connectivity index (χ0n) is 7.72. The van der Waals surface area contributed by atoms with Crippen LogP contribution >= 0.6 is 15.9 Å². The van der Waals surface area contributed by atoms with Crippen LogP contribution in [0.3, 0.4) is 0 Å². The number of hydrogen-bond donors (Lipinski definition) is 0. The second kappa shape index (κ2) is 4.70. The Bertz CT molecular complexity index is 288. The minimum absolute atomic E-state index is 0.240. The van der Waals surface area contributed by atoms with E-state index >= 15 is 0 Å². The van der Waals surface area contributed by atoms with Crippen LogP contribution in [0.1, 0.15) is 19.4 Å². The molecule has 1 radical (unpaired) electrons. The van der Waals surface area contributed by atoms with Crippen LogP contribution < -0.4 is 0 Å². The molecule has 1 heterocycles. The molecule has 0 amide bonds. The summed E-state index contributed by atoms with van der Waals surface area (Å²) in [5.41, 5.74) is 0.715. The predicted molar refractivity (Wildman–Crippen MR) is 54.7 cm³/mol. The lowest BCUT2D eigenvalue weighted by Gasteiger charge is -2.08. The summed E-state index contributed by atoms with van der Waals surface area (Å²) in [7, 11) is 0. The van der Waals surface area contributed by atoms with E-state index in [-0.39, 0.29) is 5.82 Å². The average molecular weight is 245 g/mol. The quantitative estimate of drug-likeness (QED) is 0.744. The van der Waals surface area contributed by atoms with Gasteiger partial charge >= 0.3 is 0 Å². The van der Waals surface area contributed by atoms with Crippen molar-refractivity contribution in [3.8, 4) is 0 Å². The van der Waals surface area contributed by atoms with E-state index in [1.807, 2.05) is 6.92 Å². The van der Waals surface area contributed by atoms with Crippen molar-refractivity contribution in [3.05, 3.63) is 34.7 Å². The van der Waals surface area contributed by atoms with Gasteiger partial charge in [0.05, 0.1) is 0 Å². The molecule has 0 aromatic carbocycles. The summed E-state index contributed by atoms with van der Waals surface area (Å²) in [4.78, 5) is 3.80. The largest absolute Gasteiger partial charge is 0.246 e. The molecule has 1 unspecified atom stereocenters. The van der Waals surface area contributed by atoms with Gasteiger partial charge in [-0.15, -0.1) is 0 Å². The highest BCUT2D eigenvalue weighted by Gasteiger charge is 2.09. The molecule has 1 nitrogen and oxygen atoms in total. The van der Waals surface area contributed by atoms with Crippen LogP contribution in [0.15, 0.2) is 16.9 Å². The second-order valence-electron chi connectivity index (χ2n) is 3.09. The fourth-order valence-electron chi connectivity index (χ4n) is 1.08. The highest BCUT2D eigenvalue weighted by Crippen LogP contribution is 2.19. The van der Waals surface area contributed by atoms with Crippen molar-refractivity contribution in [2.45, 2.75) is 20.3 Å². The zero-order valence-corrected chi connectivity index (χ0v) is 9.31. The molecule has 0 bridgehead atoms. The monoisotopic (exact) mass is 244 g/mol. The third-order valence-corrected chi connectivity index (χ3v) is 2.59. The lowest BCUT2D eigenvalue weighted by atomic mass is 10.00. The van der Waals surface area contributed by atoms with Gasteiger partial charge < -0.3 is 0 Å². The van der Waals surface area contributed by atoms with Crippen molar-refractivity contribution in [3.63, 3.8) is 0 Å². The van der Waals surface area contributed by atoms with E-state index in [1.165, 1.54) is 0 Å². The van der Waals surface area contributed by atoms with Gasteiger partial charge in [-0.3, -0.25) is 0 Å². The summed E-state index contributed by atoms with van der Waals surface area (Å²) >= 11 is 3.06. The minimum atomic E-state index is -0.240. The van der Waals surface area contributed by atoms with Gasteiger partial charge in [-0.25, -0.2) is 9.37 Å². The van der Waals surface area contributed by atoms with Gasteiger partial charge in [0, 0.05) is 6.20 Å². The summed E-state index contributed by atoms with van der Waals surface area (Å²) in [6.07, 6.45) is 4.40. The summed E-state index contributed by atoms with van der Waals surface area (Å²) in [6, 6.07) is 1.72. The highest BCUT2D eigenvalue weighted by molar-refractivity contribution is 9.10. The van der Waals surface area contributed by atoms with E-state index in [0.29, 0.717) is 16.1 Å². The first-order valence-electron chi connectivity index (χ1n) is 4.23. The van der Waals surface area contributed by atoms with Crippen LogP contribution in [0.4, 0.5) is 4.39 Å². The Morgan fingerprint density at radius 3 is 3.00 bits per heavy atom. The van der Waals surface area contributed by atoms with Gasteiger partial charge in [-0.1, -0.05) is 13.8 Å². The van der Waals surface area contributed by atoms with Crippen molar-refractivity contribution in [2.24, 2.45) is 5.92 Å². The molecule has 1 aromatic heterocycles. The van der Waals surface area contributed by atoms with Crippen LogP contribution in [0, 0.1) is 18.2 Å². The Labute approximate surface area is 86.5 Å². The molecule has 3 heteroatoms. The van der Waals surface area contributed by atoms with Crippen LogP contribution in [0.5, 0.6) is 0 Å². The smallest absolute Gasteiger partial charge is 0.159 e. The molecule has 0 saturated carbocycles. The molecule has 0 saturated heterocycles. The molecule has 0 N–H and O–H groups in total. The van der Waals surface area contributed by atoms with Crippen molar-refractivity contribution in [1.29, 1.82) is 0 Å². The number of rotatable bonds is 3. The van der Waals surface area contributed by atoms with Crippen LogP contribution in [-0.2, 0) is 6.42 Å². The number of pyridine rings is 1. The third kappa shape index (κ3) is 2.76. The highest BCUT2D eigenvalue weighted by atomic mass is 79.9. The predicted octanol–water partition coefficient (Wildman–Crippen LogP) is 3.39. The van der Waals surface area contributed by atoms with Gasteiger partial charge in [-0.05, 0) is 46.3 Å². The van der Waals surface area contributed by atoms with Gasteiger partial charge in [0.2, 0.25) is 0 Å². The first-order chi connectivity index (χ1) is 6.15. The Morgan fingerprint density at radius 1 is 1.69 bits per heavy atom. The molecular formula is C10H12BrFN. The summed E-state index contributed by atoms with van der Waals surface area (Å²) < 4.78 is 13.7. The molecule has 71 valence electrons. The standard InChI is InChI=1S/C10H12BrFN/c1-3-7(2)6-8-4-5-13-10(11)9(8)12/h3-5,7H,6H2,1-2H3. The minimum Gasteiger partial charge on any atom is -0.246 e. The van der Waals surface area contributed by atoms with Crippen LogP contribution in [0.2, 0.25) is 0 Å². The topological polar surface area (TPSA) is 12.9 Å². The van der Waals surface area contributed by atoms with E-state index in [1.54, 1.807) is 12.3 Å². The second-order valence-corrected chi connectivity index (χ2v) is 3.84. The maximum atomic E-state index is 13.4. The normalized spacial score (nSPS) is 12.9. The molecule has 0 fully saturated rings. The maximum absolute atomic E-state index is 13.4. The Morgan fingerprint density at radius 2 is 2.38 bits per heavy atom. The number of hydrogen-bond acceptors (Lipinski definition) is 1. The molecule has 1 aromatic rings. The molecule has 13 heavy (non-hydrogen) atoms. The fraction of sp³-hybridized carbons (Fsp3) is 0.400. The SMILES string of the molecule is C[CH]C(C)Cc1ccnc(Br)c1F. The first-order valence-corrected chi connectivity index (χ1v) is 5.02. The van der Waals surface area contributed by atoms with E-state index in [9.17, 15) is 4.39 Å². The van der Waals surface area contributed by atoms with E-state index in [2.05, 4.69) is 34.3 Å². The molecule has 0 aliphatic carbocycles. The first kappa shape index (κ1) is 10.6. The van der Waals surface area contributed by atoms with Gasteiger partial charge in [0.25, 0.3) is 0 Å². The molecule has 0 spiro atoms. The lowest BCUT2D eigenvalue weighted by Crippen LogP contribution is -2.02. The number of aromatic nitrogens is 1. The van der Waals surface area contributed by atoms with Gasteiger partial charge in [0.1, 0.15) is 4.60 Å². The summed E-state index contributed by atoms with van der Waals surface area (Å²) in [5, 5.41) is 0. The number of nitrogens with zero attached hydrogens (tertiary/aromatic N) is 1. The maximum Gasteiger partial charge on any atom is 0.159 e. The van der Waals surface area contributed by atoms with Crippen molar-refractivity contribution in [2.75, 3.05) is 0 Å². The zero-order chi connectivity index (χ0) is 9.84. The van der Waals surface area contributed by atoms with Crippen LogP contribution in [0.25, 0.3) is 0 Å². The lowest BCUT2D eigenvalue weighted by molar-refractivity contribution is 0.570. The van der Waals surface area contributed by atoms with E-state index in [0.717, 1.165) is 6.42 Å². The average Bonchev–Trinajstić information content (AvgIpc) is 2.13. The summed E-state index contributed by atoms with van der Waals surface area (Å²) in [6.45, 7) is 4.05. The van der Waals surface area contributed by atoms with Gasteiger partial charge in [0.15, 0.2) is 5.82 Å². The Hall–Kier alpha value is -0.440. The van der Waals surface area contributed by atoms with E-state index in [4.69, 9.17) is 0 Å². The fourth-order valence-corrected chi connectivity index (χ4v) is 1.45. The third-order valence-electron chi connectivity index (χ3n) is 2.04. The number of halogens is 2. The van der Waals surface area contributed by atoms with Gasteiger partial charge in [-0.2, -0.15) is 0 Å². The molecule has 0 aliphatic rings. The van der Waals surface area contributed by atoms with E-state index < -0.39 is 0 Å². The van der Waals surface area contributed by atoms with Crippen molar-refractivity contribution in [1.82, 2.24) is 4.98 Å². The summed E-state index contributed by atoms with van der Waals surface area (Å²) in [5.74, 6) is 0.153. The molecule has 0 aliphatic heterocycles. The molecule has 1 atom stereocenters. The van der Waals surface area contributed by atoms with Crippen molar-refractivity contribution >= 4 is 15.9 Å². The molecule has 1 rings (SSSR count). The Balaban J connectivity index is 2.83. The molecular weight excluding hydrogens is 233 g/mol. The Kier molecular flexibility index (Phi) is 3.85.